The molecule has 6 nitrogen and oxygen atoms in total. The van der Waals surface area contributed by atoms with Crippen LogP contribution in [-0.4, -0.2) is 32.7 Å². The van der Waals surface area contributed by atoms with E-state index in [1.165, 1.54) is 5.46 Å². The van der Waals surface area contributed by atoms with Crippen molar-refractivity contribution in [3.05, 3.63) is 55.0 Å². The predicted octanol–water partition coefficient (Wildman–Crippen LogP) is 1.74. The minimum Gasteiger partial charge on any atom is -0.508 e. The van der Waals surface area contributed by atoms with Crippen LogP contribution in [-0.2, 0) is 7.05 Å². The average molecular weight is 329 g/mol. The van der Waals surface area contributed by atoms with Crippen molar-refractivity contribution < 1.29 is 5.11 Å². The van der Waals surface area contributed by atoms with Gasteiger partial charge in [-0.1, -0.05) is 17.6 Å². The van der Waals surface area contributed by atoms with Gasteiger partial charge in [0.15, 0.2) is 0 Å². The molecule has 25 heavy (non-hydrogen) atoms. The minimum atomic E-state index is 0.167. The first-order valence-electron chi connectivity index (χ1n) is 7.90. The van der Waals surface area contributed by atoms with Gasteiger partial charge in [-0.25, -0.2) is 9.97 Å². The number of aryl methyl sites for hydroxylation is 1. The summed E-state index contributed by atoms with van der Waals surface area (Å²) in [5, 5.41) is 18.4. The number of fused-ring (bicyclic) bond motifs is 1. The molecule has 0 fully saturated rings. The highest BCUT2D eigenvalue weighted by atomic mass is 16.3. The van der Waals surface area contributed by atoms with Crippen molar-refractivity contribution in [2.75, 3.05) is 5.32 Å². The zero-order chi connectivity index (χ0) is 17.4. The summed E-state index contributed by atoms with van der Waals surface area (Å²) in [4.78, 5) is 8.89. The van der Waals surface area contributed by atoms with Crippen molar-refractivity contribution in [3.8, 4) is 16.9 Å². The highest BCUT2D eigenvalue weighted by molar-refractivity contribution is 6.33. The van der Waals surface area contributed by atoms with Crippen LogP contribution >= 0.6 is 0 Å². The smallest absolute Gasteiger partial charge is 0.227 e. The lowest BCUT2D eigenvalue weighted by Crippen LogP contribution is -2.02. The number of hydrogen-bond donors (Lipinski definition) is 2. The molecule has 2 aromatic heterocycles. The van der Waals surface area contributed by atoms with Gasteiger partial charge in [-0.15, -0.1) is 0 Å². The quantitative estimate of drug-likeness (QED) is 0.560. The van der Waals surface area contributed by atoms with Gasteiger partial charge in [0.25, 0.3) is 0 Å². The van der Waals surface area contributed by atoms with Gasteiger partial charge in [0.05, 0.1) is 11.7 Å². The molecule has 2 N–H and O–H groups in total. The zero-order valence-corrected chi connectivity index (χ0v) is 13.9. The van der Waals surface area contributed by atoms with Crippen LogP contribution in [0.25, 0.3) is 22.0 Å². The molecule has 0 saturated carbocycles. The summed E-state index contributed by atoms with van der Waals surface area (Å²) in [5.74, 6) is 0.652. The van der Waals surface area contributed by atoms with Gasteiger partial charge in [-0.05, 0) is 23.8 Å². The molecule has 0 spiro atoms. The Hall–Kier alpha value is -3.35. The molecular formula is C18H16BN5O. The number of nitrogens with zero attached hydrogens (tertiary/aromatic N) is 4. The Bertz CT molecular complexity index is 1080. The Morgan fingerprint density at radius 3 is 2.76 bits per heavy atom. The van der Waals surface area contributed by atoms with E-state index in [-0.39, 0.29) is 5.75 Å². The predicted molar refractivity (Wildman–Crippen MR) is 101 cm³/mol. The average Bonchev–Trinajstić information content (AvgIpc) is 3.01. The van der Waals surface area contributed by atoms with Crippen molar-refractivity contribution in [1.29, 1.82) is 0 Å². The number of benzene rings is 2. The molecule has 4 aromatic rings. The normalized spacial score (nSPS) is 10.9. The van der Waals surface area contributed by atoms with E-state index in [0.29, 0.717) is 11.6 Å². The fraction of sp³-hybridized carbons (Fsp3) is 0.0556. The van der Waals surface area contributed by atoms with Crippen molar-refractivity contribution >= 4 is 35.8 Å². The van der Waals surface area contributed by atoms with E-state index in [1.807, 2.05) is 45.4 Å². The van der Waals surface area contributed by atoms with Gasteiger partial charge in [0.1, 0.15) is 13.6 Å². The lowest BCUT2D eigenvalue weighted by molar-refractivity contribution is 0.476. The Labute approximate surface area is 145 Å². The summed E-state index contributed by atoms with van der Waals surface area (Å²) < 4.78 is 1.72. The maximum absolute atomic E-state index is 10.0. The maximum Gasteiger partial charge on any atom is 0.227 e. The number of nitrogens with one attached hydrogen (secondary N) is 1. The van der Waals surface area contributed by atoms with Gasteiger partial charge in [-0.3, -0.25) is 4.68 Å². The highest BCUT2D eigenvalue weighted by Crippen LogP contribution is 2.29. The molecule has 4 rings (SSSR count). The molecule has 2 heterocycles. The Morgan fingerprint density at radius 2 is 1.96 bits per heavy atom. The van der Waals surface area contributed by atoms with E-state index in [1.54, 1.807) is 29.2 Å². The lowest BCUT2D eigenvalue weighted by atomic mass is 9.95. The van der Waals surface area contributed by atoms with Gasteiger partial charge >= 0.3 is 0 Å². The molecule has 0 saturated heterocycles. The molecule has 2 aromatic carbocycles. The monoisotopic (exact) mass is 329 g/mol. The number of rotatable bonds is 3. The summed E-state index contributed by atoms with van der Waals surface area (Å²) in [7, 11) is 3.90. The number of hydrogen-bond acceptors (Lipinski definition) is 5. The summed E-state index contributed by atoms with van der Waals surface area (Å²) >= 11 is 0. The number of aromatic hydroxyl groups is 1. The molecule has 0 unspecified atom stereocenters. The molecule has 0 bridgehead atoms. The first kappa shape index (κ1) is 15.2. The summed E-state index contributed by atoms with van der Waals surface area (Å²) in [5.41, 5.74) is 4.55. The van der Waals surface area contributed by atoms with Gasteiger partial charge in [0.2, 0.25) is 5.95 Å². The molecular weight excluding hydrogens is 313 g/mol. The van der Waals surface area contributed by atoms with E-state index in [2.05, 4.69) is 20.4 Å². The molecule has 0 aliphatic heterocycles. The molecule has 0 amide bonds. The van der Waals surface area contributed by atoms with Crippen molar-refractivity contribution in [1.82, 2.24) is 19.7 Å². The second-order valence-electron chi connectivity index (χ2n) is 6.05. The van der Waals surface area contributed by atoms with Crippen LogP contribution in [0.15, 0.2) is 55.0 Å². The van der Waals surface area contributed by atoms with Crippen LogP contribution in [0.5, 0.6) is 5.75 Å². The van der Waals surface area contributed by atoms with Crippen LogP contribution < -0.4 is 10.8 Å². The van der Waals surface area contributed by atoms with E-state index < -0.39 is 0 Å². The summed E-state index contributed by atoms with van der Waals surface area (Å²) in [6.07, 6.45) is 5.45. The molecule has 0 aliphatic carbocycles. The van der Waals surface area contributed by atoms with Crippen LogP contribution in [0, 0.1) is 0 Å². The van der Waals surface area contributed by atoms with Gasteiger partial charge in [0, 0.05) is 42.1 Å². The van der Waals surface area contributed by atoms with Crippen molar-refractivity contribution in [3.63, 3.8) is 0 Å². The fourth-order valence-corrected chi connectivity index (χ4v) is 2.76. The molecule has 0 aliphatic rings. The second-order valence-corrected chi connectivity index (χ2v) is 6.05. The Balaban J connectivity index is 1.68. The number of phenols is 1. The second kappa shape index (κ2) is 5.94. The Kier molecular flexibility index (Phi) is 3.61. The first-order valence-corrected chi connectivity index (χ1v) is 7.90. The SMILES string of the molecule is Bc1ccc2nc(Nc3cc(O)cc(-c4cnn(C)c4)c3)ncc2c1. The number of aromatic nitrogens is 4. The molecule has 7 heteroatoms. The topological polar surface area (TPSA) is 75.9 Å². The fourth-order valence-electron chi connectivity index (χ4n) is 2.76. The third-order valence-corrected chi connectivity index (χ3v) is 3.95. The zero-order valence-electron chi connectivity index (χ0n) is 13.9. The van der Waals surface area contributed by atoms with E-state index >= 15 is 0 Å². The van der Waals surface area contributed by atoms with Crippen LogP contribution in [0.4, 0.5) is 11.6 Å². The lowest BCUT2D eigenvalue weighted by Gasteiger charge is -2.08. The number of phenolic OH excluding ortho intramolecular Hbond substituents is 1. The van der Waals surface area contributed by atoms with Crippen LogP contribution in [0.3, 0.4) is 0 Å². The third kappa shape index (κ3) is 3.17. The maximum atomic E-state index is 10.0. The molecule has 0 radical (unpaired) electrons. The van der Waals surface area contributed by atoms with Gasteiger partial charge < -0.3 is 10.4 Å². The summed E-state index contributed by atoms with van der Waals surface area (Å²) in [6, 6.07) is 11.3. The van der Waals surface area contributed by atoms with Gasteiger partial charge in [-0.2, -0.15) is 5.10 Å². The minimum absolute atomic E-state index is 0.167. The van der Waals surface area contributed by atoms with E-state index in [0.717, 1.165) is 22.0 Å². The molecule has 0 atom stereocenters. The summed E-state index contributed by atoms with van der Waals surface area (Å²) in [6.45, 7) is 0. The van der Waals surface area contributed by atoms with Crippen LogP contribution in [0.1, 0.15) is 0 Å². The van der Waals surface area contributed by atoms with E-state index in [9.17, 15) is 5.11 Å². The van der Waals surface area contributed by atoms with Crippen LogP contribution in [0.2, 0.25) is 0 Å². The highest BCUT2D eigenvalue weighted by Gasteiger charge is 2.07. The largest absolute Gasteiger partial charge is 0.508 e. The Morgan fingerprint density at radius 1 is 1.08 bits per heavy atom. The van der Waals surface area contributed by atoms with Crippen molar-refractivity contribution in [2.45, 2.75) is 0 Å². The first-order chi connectivity index (χ1) is 12.1. The third-order valence-electron chi connectivity index (χ3n) is 3.95. The van der Waals surface area contributed by atoms with E-state index in [4.69, 9.17) is 0 Å². The standard InChI is InChI=1S/C18H16BN5O/c1-24-10-13(9-21-24)11-5-15(7-16(25)6-11)22-18-20-8-12-4-14(19)2-3-17(12)23-18/h2-10,25H,19H2,1H3,(H,20,22,23). The molecule has 122 valence electrons. The number of anilines is 2. The van der Waals surface area contributed by atoms with Crippen molar-refractivity contribution in [2.24, 2.45) is 7.05 Å².